The van der Waals surface area contributed by atoms with E-state index in [4.69, 9.17) is 5.73 Å². The molecule has 0 spiro atoms. The maximum absolute atomic E-state index is 13.0. The predicted molar refractivity (Wildman–Crippen MR) is 96.2 cm³/mol. The lowest BCUT2D eigenvalue weighted by Crippen LogP contribution is -2.33. The Bertz CT molecular complexity index is 500. The van der Waals surface area contributed by atoms with E-state index in [1.54, 1.807) is 11.9 Å². The van der Waals surface area contributed by atoms with Gasteiger partial charge >= 0.3 is 0 Å². The number of rotatable bonds is 8. The van der Waals surface area contributed by atoms with Gasteiger partial charge in [-0.2, -0.15) is 0 Å². The van der Waals surface area contributed by atoms with Gasteiger partial charge in [-0.1, -0.05) is 25.0 Å². The minimum atomic E-state index is -0.200. The number of nitrogens with two attached hydrogens (primary N) is 1. The Kier molecular flexibility index (Phi) is 9.21. The molecule has 1 aromatic rings. The molecule has 1 saturated heterocycles. The summed E-state index contributed by atoms with van der Waals surface area (Å²) in [6.45, 7) is 0.851. The molecule has 24 heavy (non-hydrogen) atoms. The second-order valence-corrected chi connectivity index (χ2v) is 6.19. The number of benzene rings is 1. The molecule has 0 radical (unpaired) electrons. The Morgan fingerprint density at radius 2 is 1.96 bits per heavy atom. The first-order valence-corrected chi connectivity index (χ1v) is 8.30. The molecule has 1 amide bonds. The van der Waals surface area contributed by atoms with Crippen molar-refractivity contribution in [1.29, 1.82) is 0 Å². The lowest BCUT2D eigenvalue weighted by molar-refractivity contribution is -0.128. The molecule has 2 unspecified atom stereocenters. The van der Waals surface area contributed by atoms with Crippen LogP contribution in [0.1, 0.15) is 43.7 Å². The molecule has 1 heterocycles. The second-order valence-electron chi connectivity index (χ2n) is 6.19. The van der Waals surface area contributed by atoms with Crippen LogP contribution in [-0.2, 0) is 4.79 Å². The zero-order chi connectivity index (χ0) is 16.7. The summed E-state index contributed by atoms with van der Waals surface area (Å²) >= 11 is 0. The summed E-state index contributed by atoms with van der Waals surface area (Å²) in [4.78, 5) is 13.0. The summed E-state index contributed by atoms with van der Waals surface area (Å²) in [6, 6.07) is 7.36. The Labute approximate surface area is 149 Å². The summed E-state index contributed by atoms with van der Waals surface area (Å²) in [6.07, 6.45) is 5.34. The van der Waals surface area contributed by atoms with Crippen LogP contribution in [0.25, 0.3) is 0 Å². The SMILES string of the molecule is CN(CCCCCC1CC(c2ccc(F)cc2)NN1)C(=O)CN.Cl. The number of amides is 1. The lowest BCUT2D eigenvalue weighted by Gasteiger charge is -2.16. The van der Waals surface area contributed by atoms with Crippen LogP contribution in [0.3, 0.4) is 0 Å². The van der Waals surface area contributed by atoms with Crippen molar-refractivity contribution in [3.8, 4) is 0 Å². The maximum atomic E-state index is 13.0. The molecule has 7 heteroatoms. The van der Waals surface area contributed by atoms with E-state index in [2.05, 4.69) is 10.9 Å². The van der Waals surface area contributed by atoms with Crippen molar-refractivity contribution in [3.05, 3.63) is 35.6 Å². The summed E-state index contributed by atoms with van der Waals surface area (Å²) in [5.41, 5.74) is 13.0. The number of nitrogens with one attached hydrogen (secondary N) is 2. The molecule has 5 nitrogen and oxygen atoms in total. The van der Waals surface area contributed by atoms with E-state index in [0.717, 1.165) is 44.2 Å². The molecule has 1 aromatic carbocycles. The third kappa shape index (κ3) is 6.36. The van der Waals surface area contributed by atoms with E-state index >= 15 is 0 Å². The highest BCUT2D eigenvalue weighted by Gasteiger charge is 2.24. The highest BCUT2D eigenvalue weighted by Crippen LogP contribution is 2.24. The highest BCUT2D eigenvalue weighted by atomic mass is 35.5. The molecule has 4 N–H and O–H groups in total. The predicted octanol–water partition coefficient (Wildman–Crippen LogP) is 2.13. The summed E-state index contributed by atoms with van der Waals surface area (Å²) < 4.78 is 13.0. The number of nitrogens with zero attached hydrogens (tertiary/aromatic N) is 1. The minimum Gasteiger partial charge on any atom is -0.345 e. The number of hydrogen-bond acceptors (Lipinski definition) is 4. The number of hydrazine groups is 1. The maximum Gasteiger partial charge on any atom is 0.236 e. The normalized spacial score (nSPS) is 19.8. The third-order valence-electron chi connectivity index (χ3n) is 4.40. The number of likely N-dealkylation sites (N-methyl/N-ethyl adjacent to an activating group) is 1. The van der Waals surface area contributed by atoms with E-state index in [9.17, 15) is 9.18 Å². The molecular weight excluding hydrogens is 331 g/mol. The molecule has 2 atom stereocenters. The van der Waals surface area contributed by atoms with Crippen LogP contribution in [0, 0.1) is 5.82 Å². The number of carbonyl (C=O) groups is 1. The van der Waals surface area contributed by atoms with E-state index in [1.165, 1.54) is 12.1 Å². The molecule has 2 rings (SSSR count). The highest BCUT2D eigenvalue weighted by molar-refractivity contribution is 5.85. The zero-order valence-corrected chi connectivity index (χ0v) is 14.9. The fraction of sp³-hybridized carbons (Fsp3) is 0.588. The van der Waals surface area contributed by atoms with Crippen molar-refractivity contribution in [1.82, 2.24) is 15.8 Å². The first kappa shape index (κ1) is 20.8. The Balaban J connectivity index is 0.00000288. The quantitative estimate of drug-likeness (QED) is 0.623. The first-order valence-electron chi connectivity index (χ1n) is 8.30. The second kappa shape index (κ2) is 10.6. The molecule has 0 saturated carbocycles. The van der Waals surface area contributed by atoms with Crippen LogP contribution in [0.4, 0.5) is 4.39 Å². The van der Waals surface area contributed by atoms with Crippen LogP contribution in [0.5, 0.6) is 0 Å². The zero-order valence-electron chi connectivity index (χ0n) is 14.1. The summed E-state index contributed by atoms with van der Waals surface area (Å²) in [5, 5.41) is 0. The van der Waals surface area contributed by atoms with Crippen molar-refractivity contribution in [3.63, 3.8) is 0 Å². The van der Waals surface area contributed by atoms with Crippen molar-refractivity contribution in [2.45, 2.75) is 44.2 Å². The number of hydrogen-bond donors (Lipinski definition) is 3. The fourth-order valence-electron chi connectivity index (χ4n) is 2.92. The average molecular weight is 359 g/mol. The molecule has 1 aliphatic heterocycles. The van der Waals surface area contributed by atoms with Crippen molar-refractivity contribution in [2.75, 3.05) is 20.1 Å². The van der Waals surface area contributed by atoms with E-state index in [-0.39, 0.29) is 36.7 Å². The van der Waals surface area contributed by atoms with Gasteiger partial charge in [-0.05, 0) is 37.0 Å². The topological polar surface area (TPSA) is 70.4 Å². The van der Waals surface area contributed by atoms with E-state index < -0.39 is 0 Å². The Morgan fingerprint density at radius 3 is 2.62 bits per heavy atom. The van der Waals surface area contributed by atoms with Gasteiger partial charge in [0.2, 0.25) is 5.91 Å². The first-order chi connectivity index (χ1) is 11.1. The molecule has 0 aliphatic carbocycles. The Morgan fingerprint density at radius 1 is 1.25 bits per heavy atom. The standard InChI is InChI=1S/C17H27FN4O.ClH/c1-22(17(23)12-19)10-4-2-3-5-15-11-16(21-20-15)13-6-8-14(18)9-7-13;/h6-9,15-16,20-21H,2-5,10-12,19H2,1H3;1H. The van der Waals surface area contributed by atoms with Gasteiger partial charge in [0.15, 0.2) is 0 Å². The number of halogens is 2. The van der Waals surface area contributed by atoms with Gasteiger partial charge in [-0.25, -0.2) is 4.39 Å². The van der Waals surface area contributed by atoms with Crippen molar-refractivity contribution >= 4 is 18.3 Å². The van der Waals surface area contributed by atoms with Gasteiger partial charge in [0, 0.05) is 25.7 Å². The average Bonchev–Trinajstić information content (AvgIpc) is 3.03. The van der Waals surface area contributed by atoms with Crippen LogP contribution in [0.15, 0.2) is 24.3 Å². The van der Waals surface area contributed by atoms with Gasteiger partial charge in [0.25, 0.3) is 0 Å². The van der Waals surface area contributed by atoms with Gasteiger partial charge in [-0.3, -0.25) is 15.6 Å². The Hall–Kier alpha value is -1.21. The molecule has 0 aromatic heterocycles. The van der Waals surface area contributed by atoms with E-state index in [1.807, 2.05) is 12.1 Å². The van der Waals surface area contributed by atoms with Gasteiger partial charge in [-0.15, -0.1) is 12.4 Å². The van der Waals surface area contributed by atoms with Crippen molar-refractivity contribution in [2.24, 2.45) is 5.73 Å². The largest absolute Gasteiger partial charge is 0.345 e. The molecule has 1 fully saturated rings. The van der Waals surface area contributed by atoms with Gasteiger partial charge < -0.3 is 10.6 Å². The third-order valence-corrected chi connectivity index (χ3v) is 4.40. The monoisotopic (exact) mass is 358 g/mol. The van der Waals surface area contributed by atoms with E-state index in [0.29, 0.717) is 6.04 Å². The molecule has 0 bridgehead atoms. The van der Waals surface area contributed by atoms with Crippen LogP contribution >= 0.6 is 12.4 Å². The van der Waals surface area contributed by atoms with Gasteiger partial charge in [0.1, 0.15) is 5.82 Å². The number of unbranched alkanes of at least 4 members (excludes halogenated alkanes) is 2. The van der Waals surface area contributed by atoms with Crippen LogP contribution < -0.4 is 16.6 Å². The molecular formula is C17H28ClFN4O. The lowest BCUT2D eigenvalue weighted by atomic mass is 9.99. The summed E-state index contributed by atoms with van der Waals surface area (Å²) in [5.74, 6) is -0.205. The van der Waals surface area contributed by atoms with Crippen LogP contribution in [-0.4, -0.2) is 37.0 Å². The number of carbonyl (C=O) groups excluding carboxylic acids is 1. The van der Waals surface area contributed by atoms with Gasteiger partial charge in [0.05, 0.1) is 6.54 Å². The smallest absolute Gasteiger partial charge is 0.236 e. The minimum absolute atomic E-state index is 0. The summed E-state index contributed by atoms with van der Waals surface area (Å²) in [7, 11) is 1.80. The molecule has 1 aliphatic rings. The van der Waals surface area contributed by atoms with Crippen LogP contribution in [0.2, 0.25) is 0 Å². The van der Waals surface area contributed by atoms with Crippen molar-refractivity contribution < 1.29 is 9.18 Å². The fourth-order valence-corrected chi connectivity index (χ4v) is 2.92. The molecule has 136 valence electrons.